The van der Waals surface area contributed by atoms with Gasteiger partial charge in [0, 0.05) is 45.9 Å². The number of fused-ring (bicyclic) bond motifs is 4. The van der Waals surface area contributed by atoms with Gasteiger partial charge in [0.05, 0.1) is 0 Å². The number of hydrogen-bond donors (Lipinski definition) is 0. The Hall–Kier alpha value is -4.65. The van der Waals surface area contributed by atoms with E-state index in [4.69, 9.17) is 14.7 Å². The molecular formula is C37H31N7OPt. The standard InChI is InChI=1S/C37H31N7O.Pt/c1-37(2)33-14-5-6-15-34(33)43(25-41(37)4)26-10-7-11-29(21-26)45-30-22-27(42-19-18-40(3)24-42)20-28(23-30)44-35-31(12-8-16-38-35)32-13-9-17-39-36(32)44;/h5-20,23-25H,1-4H3;/q-4;+4. The molecule has 5 heterocycles. The van der Waals surface area contributed by atoms with Gasteiger partial charge in [-0.05, 0) is 76.2 Å². The molecule has 0 amide bonds. The van der Waals surface area contributed by atoms with Crippen molar-refractivity contribution in [2.24, 2.45) is 0 Å². The van der Waals surface area contributed by atoms with E-state index in [9.17, 15) is 0 Å². The number of para-hydroxylation sites is 1. The molecule has 9 heteroatoms. The molecule has 3 aromatic carbocycles. The largest absolute Gasteiger partial charge is 4.00 e. The molecule has 0 aliphatic carbocycles. The SMILES string of the molecule is CN1C=CN(c2[c-]c(Oc3[c-]c(N4[CH-]N(C)C(C)(C)c5ccccc54)ccc3)cc(-n3c4ncccc4c4cccnc43)c2)[CH-]1.[Pt+4]. The zero-order chi connectivity index (χ0) is 30.7. The van der Waals surface area contributed by atoms with Gasteiger partial charge in [-0.3, -0.25) is 0 Å². The first-order chi connectivity index (χ1) is 21.9. The van der Waals surface area contributed by atoms with Crippen molar-refractivity contribution in [3.05, 3.63) is 135 Å². The van der Waals surface area contributed by atoms with Crippen molar-refractivity contribution in [1.29, 1.82) is 0 Å². The van der Waals surface area contributed by atoms with Crippen LogP contribution in [0.2, 0.25) is 0 Å². The summed E-state index contributed by atoms with van der Waals surface area (Å²) in [4.78, 5) is 17.9. The smallest absolute Gasteiger partial charge is 0.510 e. The van der Waals surface area contributed by atoms with E-state index >= 15 is 0 Å². The average Bonchev–Trinajstić information content (AvgIpc) is 3.64. The summed E-state index contributed by atoms with van der Waals surface area (Å²) >= 11 is 0. The summed E-state index contributed by atoms with van der Waals surface area (Å²) in [6, 6.07) is 33.6. The van der Waals surface area contributed by atoms with E-state index in [0.717, 1.165) is 44.8 Å². The maximum Gasteiger partial charge on any atom is 4.00 e. The summed E-state index contributed by atoms with van der Waals surface area (Å²) < 4.78 is 8.64. The van der Waals surface area contributed by atoms with E-state index in [1.165, 1.54) is 5.56 Å². The molecule has 8 rings (SSSR count). The Labute approximate surface area is 283 Å². The third-order valence-electron chi connectivity index (χ3n) is 8.63. The summed E-state index contributed by atoms with van der Waals surface area (Å²) in [5, 5.41) is 2.08. The van der Waals surface area contributed by atoms with Crippen LogP contribution in [0.5, 0.6) is 11.5 Å². The molecule has 0 saturated heterocycles. The van der Waals surface area contributed by atoms with Crippen LogP contribution >= 0.6 is 0 Å². The molecule has 0 bridgehead atoms. The number of hydrogen-bond acceptors (Lipinski definition) is 7. The van der Waals surface area contributed by atoms with Crippen LogP contribution < -0.4 is 14.5 Å². The number of ether oxygens (including phenoxy) is 1. The Morgan fingerprint density at radius 2 is 1.46 bits per heavy atom. The third-order valence-corrected chi connectivity index (χ3v) is 8.63. The van der Waals surface area contributed by atoms with Crippen LogP contribution in [-0.4, -0.2) is 38.4 Å². The molecule has 0 atom stereocenters. The summed E-state index contributed by atoms with van der Waals surface area (Å²) in [5.41, 5.74) is 6.45. The van der Waals surface area contributed by atoms with Gasteiger partial charge < -0.3 is 28.9 Å². The van der Waals surface area contributed by atoms with E-state index in [1.54, 1.807) is 0 Å². The maximum absolute atomic E-state index is 6.56. The normalized spacial score (nSPS) is 15.8. The van der Waals surface area contributed by atoms with Gasteiger partial charge in [0.15, 0.2) is 0 Å². The Kier molecular flexibility index (Phi) is 7.58. The van der Waals surface area contributed by atoms with E-state index in [1.807, 2.05) is 84.7 Å². The minimum absolute atomic E-state index is 0. The summed E-state index contributed by atoms with van der Waals surface area (Å²) in [5.74, 6) is 1.14. The molecule has 2 aliphatic heterocycles. The van der Waals surface area contributed by atoms with Gasteiger partial charge in [0.2, 0.25) is 0 Å². The molecule has 0 unspecified atom stereocenters. The van der Waals surface area contributed by atoms with Gasteiger partial charge in [-0.15, -0.1) is 42.1 Å². The first-order valence-electron chi connectivity index (χ1n) is 14.9. The predicted molar refractivity (Wildman–Crippen MR) is 178 cm³/mol. The van der Waals surface area contributed by atoms with Crippen LogP contribution in [-0.2, 0) is 26.6 Å². The molecule has 230 valence electrons. The summed E-state index contributed by atoms with van der Waals surface area (Å²) in [6.45, 7) is 8.58. The second-order valence-corrected chi connectivity index (χ2v) is 11.8. The van der Waals surface area contributed by atoms with Gasteiger partial charge in [0.25, 0.3) is 0 Å². The Morgan fingerprint density at radius 3 is 2.17 bits per heavy atom. The van der Waals surface area contributed by atoms with Crippen LogP contribution in [0.15, 0.2) is 104 Å². The van der Waals surface area contributed by atoms with Crippen molar-refractivity contribution in [1.82, 2.24) is 24.3 Å². The zero-order valence-electron chi connectivity index (χ0n) is 25.8. The van der Waals surface area contributed by atoms with Crippen molar-refractivity contribution in [2.75, 3.05) is 23.9 Å². The van der Waals surface area contributed by atoms with Gasteiger partial charge in [-0.2, -0.15) is 19.4 Å². The van der Waals surface area contributed by atoms with Crippen LogP contribution in [0, 0.1) is 25.5 Å². The second kappa shape index (κ2) is 11.6. The first-order valence-corrected chi connectivity index (χ1v) is 14.9. The molecule has 3 aromatic heterocycles. The van der Waals surface area contributed by atoms with Gasteiger partial charge in [-0.25, -0.2) is 9.97 Å². The Balaban J connectivity index is 0.00000338. The number of rotatable bonds is 5. The molecule has 46 heavy (non-hydrogen) atoms. The summed E-state index contributed by atoms with van der Waals surface area (Å²) in [7, 11) is 4.10. The molecule has 8 nitrogen and oxygen atoms in total. The Morgan fingerprint density at radius 1 is 0.739 bits per heavy atom. The fraction of sp³-hybridized carbons (Fsp3) is 0.135. The van der Waals surface area contributed by atoms with Crippen LogP contribution in [0.3, 0.4) is 0 Å². The minimum atomic E-state index is -0.140. The zero-order valence-corrected chi connectivity index (χ0v) is 28.1. The fourth-order valence-corrected chi connectivity index (χ4v) is 6.06. The minimum Gasteiger partial charge on any atom is -0.510 e. The summed E-state index contributed by atoms with van der Waals surface area (Å²) in [6.07, 6.45) is 7.61. The molecule has 0 spiro atoms. The van der Waals surface area contributed by atoms with Crippen molar-refractivity contribution in [3.8, 4) is 17.2 Å². The number of aromatic nitrogens is 3. The Bertz CT molecular complexity index is 2050. The number of pyridine rings is 2. The van der Waals surface area contributed by atoms with Gasteiger partial charge in [0.1, 0.15) is 11.3 Å². The third kappa shape index (κ3) is 5.02. The quantitative estimate of drug-likeness (QED) is 0.166. The number of anilines is 3. The van der Waals surface area contributed by atoms with Crippen LogP contribution in [0.25, 0.3) is 27.8 Å². The van der Waals surface area contributed by atoms with Crippen molar-refractivity contribution < 1.29 is 25.8 Å². The monoisotopic (exact) mass is 784 g/mol. The molecule has 0 radical (unpaired) electrons. The van der Waals surface area contributed by atoms with E-state index < -0.39 is 0 Å². The number of benzene rings is 3. The average molecular weight is 785 g/mol. The van der Waals surface area contributed by atoms with Crippen molar-refractivity contribution >= 4 is 39.1 Å². The van der Waals surface area contributed by atoms with E-state index in [-0.39, 0.29) is 26.6 Å². The second-order valence-electron chi connectivity index (χ2n) is 11.8. The molecule has 0 fully saturated rings. The van der Waals surface area contributed by atoms with Gasteiger partial charge in [-0.1, -0.05) is 29.6 Å². The van der Waals surface area contributed by atoms with Crippen LogP contribution in [0.4, 0.5) is 17.1 Å². The molecule has 0 N–H and O–H groups in total. The number of nitrogens with zero attached hydrogens (tertiary/aromatic N) is 7. The predicted octanol–water partition coefficient (Wildman–Crippen LogP) is 7.74. The molecular weight excluding hydrogens is 754 g/mol. The first kappa shape index (κ1) is 30.0. The van der Waals surface area contributed by atoms with Crippen molar-refractivity contribution in [3.63, 3.8) is 0 Å². The topological polar surface area (TPSA) is 52.9 Å². The fourth-order valence-electron chi connectivity index (χ4n) is 6.06. The van der Waals surface area contributed by atoms with Crippen LogP contribution in [0.1, 0.15) is 19.4 Å². The van der Waals surface area contributed by atoms with E-state index in [2.05, 4.69) is 96.5 Å². The molecule has 6 aromatic rings. The molecule has 0 saturated carbocycles. The van der Waals surface area contributed by atoms with E-state index in [0.29, 0.717) is 11.5 Å². The van der Waals surface area contributed by atoms with Gasteiger partial charge >= 0.3 is 21.1 Å². The maximum atomic E-state index is 6.56. The van der Waals surface area contributed by atoms with Crippen molar-refractivity contribution in [2.45, 2.75) is 19.4 Å². The molecule has 2 aliphatic rings.